The van der Waals surface area contributed by atoms with E-state index in [1.165, 1.54) is 5.56 Å². The number of aromatic nitrogens is 1. The van der Waals surface area contributed by atoms with E-state index in [-0.39, 0.29) is 11.5 Å². The van der Waals surface area contributed by atoms with Crippen molar-refractivity contribution < 1.29 is 9.53 Å². The summed E-state index contributed by atoms with van der Waals surface area (Å²) in [6.45, 7) is 6.77. The van der Waals surface area contributed by atoms with E-state index in [1.807, 2.05) is 31.3 Å². The summed E-state index contributed by atoms with van der Waals surface area (Å²) in [7, 11) is 0. The van der Waals surface area contributed by atoms with Gasteiger partial charge in [-0.2, -0.15) is 5.26 Å². The number of likely N-dealkylation sites (tertiary alicyclic amines) is 1. The monoisotopic (exact) mass is 413 g/mol. The minimum atomic E-state index is -0.171. The Labute approximate surface area is 183 Å². The van der Waals surface area contributed by atoms with Gasteiger partial charge in [0.25, 0.3) is 5.91 Å². The predicted molar refractivity (Wildman–Crippen MR) is 123 cm³/mol. The average molecular weight is 414 g/mol. The van der Waals surface area contributed by atoms with Gasteiger partial charge >= 0.3 is 0 Å². The molecule has 31 heavy (non-hydrogen) atoms. The second kappa shape index (κ2) is 9.09. The Balaban J connectivity index is 1.57. The molecular formula is C26H27N3O2. The van der Waals surface area contributed by atoms with Gasteiger partial charge in [-0.1, -0.05) is 30.3 Å². The summed E-state index contributed by atoms with van der Waals surface area (Å²) in [4.78, 5) is 14.5. The Kier molecular flexibility index (Phi) is 6.08. The fraction of sp³-hybridized carbons (Fsp3) is 0.308. The molecule has 4 rings (SSSR count). The van der Waals surface area contributed by atoms with Gasteiger partial charge in [-0.3, -0.25) is 4.79 Å². The fourth-order valence-electron chi connectivity index (χ4n) is 4.08. The van der Waals surface area contributed by atoms with Gasteiger partial charge in [0, 0.05) is 35.8 Å². The van der Waals surface area contributed by atoms with Crippen LogP contribution >= 0.6 is 0 Å². The molecule has 5 nitrogen and oxygen atoms in total. The number of nitrogens with zero attached hydrogens (tertiary/aromatic N) is 3. The van der Waals surface area contributed by atoms with Crippen LogP contribution in [0.15, 0.2) is 54.2 Å². The summed E-state index contributed by atoms with van der Waals surface area (Å²) in [6, 6.07) is 16.4. The van der Waals surface area contributed by atoms with Crippen LogP contribution in [0.4, 0.5) is 0 Å². The van der Waals surface area contributed by atoms with E-state index in [9.17, 15) is 10.1 Å². The lowest BCUT2D eigenvalue weighted by Crippen LogP contribution is -2.28. The van der Waals surface area contributed by atoms with Crippen molar-refractivity contribution in [1.82, 2.24) is 9.47 Å². The number of para-hydroxylation sites is 1. The zero-order valence-corrected chi connectivity index (χ0v) is 18.1. The van der Waals surface area contributed by atoms with Crippen molar-refractivity contribution in [2.45, 2.75) is 33.2 Å². The number of aryl methyl sites for hydroxylation is 2. The van der Waals surface area contributed by atoms with Gasteiger partial charge in [-0.25, -0.2) is 0 Å². The molecule has 0 atom stereocenters. The van der Waals surface area contributed by atoms with Crippen molar-refractivity contribution in [1.29, 1.82) is 5.26 Å². The number of hydrogen-bond acceptors (Lipinski definition) is 3. The average Bonchev–Trinajstić information content (AvgIpc) is 3.43. The number of hydrogen-bond donors (Lipinski definition) is 0. The number of carbonyl (C=O) groups excluding carboxylic acids is 1. The van der Waals surface area contributed by atoms with Crippen molar-refractivity contribution in [2.75, 3.05) is 19.7 Å². The first-order valence-electron chi connectivity index (χ1n) is 10.8. The lowest BCUT2D eigenvalue weighted by molar-refractivity contribution is -0.125. The van der Waals surface area contributed by atoms with Crippen molar-refractivity contribution in [3.8, 4) is 11.8 Å². The van der Waals surface area contributed by atoms with Crippen LogP contribution in [0, 0.1) is 25.2 Å². The number of fused-ring (bicyclic) bond motifs is 1. The highest BCUT2D eigenvalue weighted by molar-refractivity contribution is 6.04. The zero-order valence-electron chi connectivity index (χ0n) is 18.1. The van der Waals surface area contributed by atoms with Crippen LogP contribution in [0.25, 0.3) is 17.0 Å². The Morgan fingerprint density at radius 1 is 1.16 bits per heavy atom. The molecule has 1 aliphatic rings. The van der Waals surface area contributed by atoms with Crippen LogP contribution in [-0.4, -0.2) is 35.1 Å². The quantitative estimate of drug-likeness (QED) is 0.428. The molecule has 1 saturated heterocycles. The zero-order chi connectivity index (χ0) is 21.8. The Bertz CT molecular complexity index is 1180. The topological polar surface area (TPSA) is 58.3 Å². The van der Waals surface area contributed by atoms with Crippen LogP contribution in [-0.2, 0) is 11.3 Å². The van der Waals surface area contributed by atoms with E-state index in [2.05, 4.69) is 41.8 Å². The van der Waals surface area contributed by atoms with Crippen molar-refractivity contribution in [2.24, 2.45) is 0 Å². The first-order chi connectivity index (χ1) is 15.1. The van der Waals surface area contributed by atoms with E-state index in [4.69, 9.17) is 4.74 Å². The Morgan fingerprint density at radius 3 is 2.71 bits per heavy atom. The first kappa shape index (κ1) is 20.7. The van der Waals surface area contributed by atoms with Crippen LogP contribution in [0.5, 0.6) is 5.75 Å². The SMILES string of the molecule is Cc1ccc(C)c(OCCn2cc(/C=C(/C#N)C(=O)N3CCCC3)c3ccccc32)c1. The summed E-state index contributed by atoms with van der Waals surface area (Å²) < 4.78 is 8.16. The van der Waals surface area contributed by atoms with Gasteiger partial charge < -0.3 is 14.2 Å². The summed E-state index contributed by atoms with van der Waals surface area (Å²) in [6.07, 6.45) is 5.74. The Morgan fingerprint density at radius 2 is 1.94 bits per heavy atom. The van der Waals surface area contributed by atoms with Crippen molar-refractivity contribution in [3.05, 3.63) is 70.9 Å². The highest BCUT2D eigenvalue weighted by atomic mass is 16.5. The summed E-state index contributed by atoms with van der Waals surface area (Å²) >= 11 is 0. The van der Waals surface area contributed by atoms with E-state index in [1.54, 1.807) is 11.0 Å². The molecule has 1 aliphatic heterocycles. The normalized spacial score (nSPS) is 14.1. The smallest absolute Gasteiger partial charge is 0.264 e. The number of amides is 1. The molecule has 158 valence electrons. The number of benzene rings is 2. The first-order valence-corrected chi connectivity index (χ1v) is 10.8. The molecule has 1 amide bonds. The largest absolute Gasteiger partial charge is 0.491 e. The maximum absolute atomic E-state index is 12.7. The summed E-state index contributed by atoms with van der Waals surface area (Å²) in [5.74, 6) is 0.731. The molecular weight excluding hydrogens is 386 g/mol. The van der Waals surface area contributed by atoms with Crippen LogP contribution < -0.4 is 4.74 Å². The van der Waals surface area contributed by atoms with Gasteiger partial charge in [-0.05, 0) is 56.0 Å². The van der Waals surface area contributed by atoms with Crippen molar-refractivity contribution >= 4 is 22.9 Å². The molecule has 0 spiro atoms. The number of carbonyl (C=O) groups is 1. The van der Waals surface area contributed by atoms with Crippen LogP contribution in [0.2, 0.25) is 0 Å². The van der Waals surface area contributed by atoms with E-state index < -0.39 is 0 Å². The third kappa shape index (κ3) is 4.49. The molecule has 3 aromatic rings. The Hall–Kier alpha value is -3.52. The molecule has 0 radical (unpaired) electrons. The van der Waals surface area contributed by atoms with E-state index in [0.717, 1.165) is 53.7 Å². The molecule has 0 saturated carbocycles. The predicted octanol–water partition coefficient (Wildman–Crippen LogP) is 4.87. The van der Waals surface area contributed by atoms with Gasteiger partial charge in [0.2, 0.25) is 0 Å². The third-order valence-electron chi connectivity index (χ3n) is 5.80. The molecule has 0 N–H and O–H groups in total. The molecule has 0 aliphatic carbocycles. The highest BCUT2D eigenvalue weighted by Gasteiger charge is 2.22. The second-order valence-corrected chi connectivity index (χ2v) is 8.08. The van der Waals surface area contributed by atoms with Gasteiger partial charge in [-0.15, -0.1) is 0 Å². The van der Waals surface area contributed by atoms with Gasteiger partial charge in [0.05, 0.1) is 6.54 Å². The van der Waals surface area contributed by atoms with Gasteiger partial charge in [0.1, 0.15) is 24.0 Å². The molecule has 0 bridgehead atoms. The standard InChI is InChI=1S/C26H27N3O2/c1-19-9-10-20(2)25(15-19)31-14-13-29-18-22(23-7-3-4-8-24(23)29)16-21(17-27)26(30)28-11-5-6-12-28/h3-4,7-10,15-16,18H,5-6,11-14H2,1-2H3/b21-16-. The maximum Gasteiger partial charge on any atom is 0.264 e. The van der Waals surface area contributed by atoms with E-state index in [0.29, 0.717) is 13.2 Å². The fourth-order valence-corrected chi connectivity index (χ4v) is 4.08. The summed E-state index contributed by atoms with van der Waals surface area (Å²) in [5, 5.41) is 10.6. The van der Waals surface area contributed by atoms with Crippen LogP contribution in [0.1, 0.15) is 29.5 Å². The summed E-state index contributed by atoms with van der Waals surface area (Å²) in [5.41, 5.74) is 4.42. The van der Waals surface area contributed by atoms with Crippen molar-refractivity contribution in [3.63, 3.8) is 0 Å². The molecule has 2 heterocycles. The van der Waals surface area contributed by atoms with E-state index >= 15 is 0 Å². The lowest BCUT2D eigenvalue weighted by atomic mass is 10.1. The molecule has 1 fully saturated rings. The minimum Gasteiger partial charge on any atom is -0.491 e. The number of nitriles is 1. The van der Waals surface area contributed by atoms with Gasteiger partial charge in [0.15, 0.2) is 0 Å². The molecule has 2 aromatic carbocycles. The molecule has 0 unspecified atom stereocenters. The lowest BCUT2D eigenvalue weighted by Gasteiger charge is -2.13. The number of ether oxygens (including phenoxy) is 1. The highest BCUT2D eigenvalue weighted by Crippen LogP contribution is 2.25. The number of rotatable bonds is 6. The second-order valence-electron chi connectivity index (χ2n) is 8.08. The third-order valence-corrected chi connectivity index (χ3v) is 5.80. The minimum absolute atomic E-state index is 0.171. The molecule has 5 heteroatoms. The molecule has 1 aromatic heterocycles. The maximum atomic E-state index is 12.7. The van der Waals surface area contributed by atoms with Crippen LogP contribution in [0.3, 0.4) is 0 Å².